The van der Waals surface area contributed by atoms with Crippen LogP contribution in [0.2, 0.25) is 0 Å². The highest BCUT2D eigenvalue weighted by molar-refractivity contribution is 7.89. The van der Waals surface area contributed by atoms with Gasteiger partial charge < -0.3 is 9.52 Å². The van der Waals surface area contributed by atoms with E-state index in [-0.39, 0.29) is 11.3 Å². The molecule has 2 aromatic carbocycles. The first-order valence-electron chi connectivity index (χ1n) is 8.23. The van der Waals surface area contributed by atoms with Crippen molar-refractivity contribution in [3.05, 3.63) is 60.7 Å². The first kappa shape index (κ1) is 18.8. The van der Waals surface area contributed by atoms with Crippen molar-refractivity contribution in [1.29, 1.82) is 0 Å². The van der Waals surface area contributed by atoms with Gasteiger partial charge in [-0.2, -0.15) is 0 Å². The number of benzene rings is 2. The topological polar surface area (TPSA) is 123 Å². The summed E-state index contributed by atoms with van der Waals surface area (Å²) in [6.07, 6.45) is 2.58. The van der Waals surface area contributed by atoms with E-state index in [1.165, 1.54) is 12.1 Å². The molecule has 1 aromatic heterocycles. The van der Waals surface area contributed by atoms with Crippen LogP contribution in [0, 0.1) is 0 Å². The summed E-state index contributed by atoms with van der Waals surface area (Å²) in [5.74, 6) is -0.330. The lowest BCUT2D eigenvalue weighted by Crippen LogP contribution is -2.11. The Kier molecular flexibility index (Phi) is 5.38. The predicted molar refractivity (Wildman–Crippen MR) is 99.3 cm³/mol. The Morgan fingerprint density at radius 2 is 1.56 bits per heavy atom. The van der Waals surface area contributed by atoms with Crippen LogP contribution in [0.3, 0.4) is 0 Å². The monoisotopic (exact) mass is 386 g/mol. The van der Waals surface area contributed by atoms with E-state index < -0.39 is 16.0 Å². The Bertz CT molecular complexity index is 1040. The molecule has 0 atom stereocenters. The lowest BCUT2D eigenvalue weighted by molar-refractivity contribution is -0.137. The molecule has 0 aliphatic carbocycles. The van der Waals surface area contributed by atoms with Gasteiger partial charge in [0.25, 0.3) is 0 Å². The van der Waals surface area contributed by atoms with E-state index in [0.29, 0.717) is 24.4 Å². The lowest BCUT2D eigenvalue weighted by Gasteiger charge is -2.04. The number of aryl methyl sites for hydroxylation is 1. The van der Waals surface area contributed by atoms with Gasteiger partial charge in [-0.3, -0.25) is 4.79 Å². The molecule has 0 fully saturated rings. The van der Waals surface area contributed by atoms with Gasteiger partial charge in [0.1, 0.15) is 12.0 Å². The van der Waals surface area contributed by atoms with Crippen LogP contribution in [-0.2, 0) is 21.2 Å². The molecular formula is C19H18N2O5S. The third kappa shape index (κ3) is 4.81. The van der Waals surface area contributed by atoms with E-state index in [2.05, 4.69) is 4.98 Å². The summed E-state index contributed by atoms with van der Waals surface area (Å²) in [5.41, 5.74) is 3.33. The SMILES string of the molecule is NS(=O)(=O)c1ccc(-c2ccc(-c3coc(CCCC(=O)O)n3)cc2)cc1. The van der Waals surface area contributed by atoms with Crippen molar-refractivity contribution in [1.82, 2.24) is 4.98 Å². The number of primary sulfonamides is 1. The summed E-state index contributed by atoms with van der Waals surface area (Å²) >= 11 is 0. The number of hydrogen-bond acceptors (Lipinski definition) is 5. The molecule has 8 heteroatoms. The Morgan fingerprint density at radius 3 is 2.11 bits per heavy atom. The van der Waals surface area contributed by atoms with Crippen molar-refractivity contribution < 1.29 is 22.7 Å². The average molecular weight is 386 g/mol. The fourth-order valence-corrected chi connectivity index (χ4v) is 3.14. The van der Waals surface area contributed by atoms with E-state index in [1.807, 2.05) is 24.3 Å². The maximum Gasteiger partial charge on any atom is 0.303 e. The van der Waals surface area contributed by atoms with Gasteiger partial charge in [-0.15, -0.1) is 0 Å². The first-order chi connectivity index (χ1) is 12.8. The van der Waals surface area contributed by atoms with E-state index in [9.17, 15) is 13.2 Å². The minimum atomic E-state index is -3.71. The Labute approximate surface area is 156 Å². The molecule has 3 N–H and O–H groups in total. The van der Waals surface area contributed by atoms with Crippen LogP contribution in [0.15, 0.2) is 64.1 Å². The summed E-state index contributed by atoms with van der Waals surface area (Å²) < 4.78 is 28.0. The molecule has 0 aliphatic heterocycles. The second kappa shape index (κ2) is 7.73. The molecule has 0 saturated heterocycles. The van der Waals surface area contributed by atoms with Crippen molar-refractivity contribution in [3.8, 4) is 22.4 Å². The largest absolute Gasteiger partial charge is 0.481 e. The van der Waals surface area contributed by atoms with Crippen molar-refractivity contribution in [2.24, 2.45) is 5.14 Å². The molecule has 0 bridgehead atoms. The summed E-state index contributed by atoms with van der Waals surface area (Å²) in [6, 6.07) is 13.9. The van der Waals surface area contributed by atoms with Crippen LogP contribution in [0.1, 0.15) is 18.7 Å². The Hall–Kier alpha value is -2.97. The normalized spacial score (nSPS) is 11.4. The van der Waals surface area contributed by atoms with E-state index in [4.69, 9.17) is 14.7 Å². The number of hydrogen-bond donors (Lipinski definition) is 2. The van der Waals surface area contributed by atoms with Crippen molar-refractivity contribution in [2.45, 2.75) is 24.2 Å². The number of oxazole rings is 1. The van der Waals surface area contributed by atoms with Gasteiger partial charge in [-0.1, -0.05) is 36.4 Å². The standard InChI is InChI=1S/C19H18N2O5S/c20-27(24,25)16-10-8-14(9-11-16)13-4-6-15(7-5-13)17-12-26-18(21-17)2-1-3-19(22)23/h4-12H,1-3H2,(H,22,23)(H2,20,24,25). The molecule has 7 nitrogen and oxygen atoms in total. The number of carboxylic acid groups (broad SMARTS) is 1. The number of aliphatic carboxylic acids is 1. The Balaban J connectivity index is 1.72. The smallest absolute Gasteiger partial charge is 0.303 e. The van der Waals surface area contributed by atoms with Gasteiger partial charge in [0, 0.05) is 18.4 Å². The minimum absolute atomic E-state index is 0.0703. The fourth-order valence-electron chi connectivity index (χ4n) is 2.62. The molecule has 0 saturated carbocycles. The second-order valence-corrected chi connectivity index (χ2v) is 7.58. The van der Waals surface area contributed by atoms with Crippen LogP contribution >= 0.6 is 0 Å². The highest BCUT2D eigenvalue weighted by Gasteiger charge is 2.09. The molecule has 0 amide bonds. The van der Waals surface area contributed by atoms with Gasteiger partial charge in [0.2, 0.25) is 10.0 Å². The highest BCUT2D eigenvalue weighted by atomic mass is 32.2. The van der Waals surface area contributed by atoms with Crippen LogP contribution in [-0.4, -0.2) is 24.5 Å². The van der Waals surface area contributed by atoms with Crippen LogP contribution in [0.4, 0.5) is 0 Å². The average Bonchev–Trinajstić information content (AvgIpc) is 3.10. The molecule has 3 rings (SSSR count). The van der Waals surface area contributed by atoms with Gasteiger partial charge in [-0.25, -0.2) is 18.5 Å². The zero-order valence-electron chi connectivity index (χ0n) is 14.3. The van der Waals surface area contributed by atoms with Crippen LogP contribution in [0.25, 0.3) is 22.4 Å². The molecule has 27 heavy (non-hydrogen) atoms. The van der Waals surface area contributed by atoms with Crippen molar-refractivity contribution >= 4 is 16.0 Å². The number of rotatable bonds is 7. The molecular weight excluding hydrogens is 368 g/mol. The molecule has 3 aromatic rings. The maximum atomic E-state index is 11.3. The van der Waals surface area contributed by atoms with E-state index in [0.717, 1.165) is 16.7 Å². The molecule has 140 valence electrons. The summed E-state index contributed by atoms with van der Waals surface area (Å²) in [5, 5.41) is 13.8. The van der Waals surface area contributed by atoms with Gasteiger partial charge in [-0.05, 0) is 29.7 Å². The fraction of sp³-hybridized carbons (Fsp3) is 0.158. The second-order valence-electron chi connectivity index (χ2n) is 6.02. The minimum Gasteiger partial charge on any atom is -0.481 e. The molecule has 0 aliphatic rings. The number of carbonyl (C=O) groups is 1. The predicted octanol–water partition coefficient (Wildman–Crippen LogP) is 3.06. The van der Waals surface area contributed by atoms with Gasteiger partial charge >= 0.3 is 5.97 Å². The van der Waals surface area contributed by atoms with Gasteiger partial charge in [0.05, 0.1) is 4.90 Å². The lowest BCUT2D eigenvalue weighted by atomic mass is 10.0. The van der Waals surface area contributed by atoms with Crippen LogP contribution in [0.5, 0.6) is 0 Å². The van der Waals surface area contributed by atoms with E-state index in [1.54, 1.807) is 18.4 Å². The number of sulfonamides is 1. The van der Waals surface area contributed by atoms with Crippen molar-refractivity contribution in [3.63, 3.8) is 0 Å². The molecule has 1 heterocycles. The number of nitrogens with two attached hydrogens (primary N) is 1. The molecule has 0 unspecified atom stereocenters. The summed E-state index contributed by atoms with van der Waals surface area (Å²) in [6.45, 7) is 0. The summed E-state index contributed by atoms with van der Waals surface area (Å²) in [7, 11) is -3.71. The van der Waals surface area contributed by atoms with Gasteiger partial charge in [0.15, 0.2) is 5.89 Å². The highest BCUT2D eigenvalue weighted by Crippen LogP contribution is 2.25. The van der Waals surface area contributed by atoms with Crippen LogP contribution < -0.4 is 5.14 Å². The zero-order valence-corrected chi connectivity index (χ0v) is 15.1. The first-order valence-corrected chi connectivity index (χ1v) is 9.77. The third-order valence-electron chi connectivity index (χ3n) is 4.03. The Morgan fingerprint density at radius 1 is 1.00 bits per heavy atom. The maximum absolute atomic E-state index is 11.3. The third-order valence-corrected chi connectivity index (χ3v) is 4.96. The number of nitrogens with zero attached hydrogens (tertiary/aromatic N) is 1. The molecule has 0 radical (unpaired) electrons. The summed E-state index contributed by atoms with van der Waals surface area (Å²) in [4.78, 5) is 15.0. The van der Waals surface area contributed by atoms with E-state index >= 15 is 0 Å². The quantitative estimate of drug-likeness (QED) is 0.643. The molecule has 0 spiro atoms. The number of aromatic nitrogens is 1. The van der Waals surface area contributed by atoms with Crippen molar-refractivity contribution in [2.75, 3.05) is 0 Å². The zero-order chi connectivity index (χ0) is 19.4. The number of carboxylic acids is 1.